The average molecular weight is 552 g/mol. The van der Waals surface area contributed by atoms with Gasteiger partial charge in [0.15, 0.2) is 5.76 Å². The van der Waals surface area contributed by atoms with E-state index in [1.54, 1.807) is 29.2 Å². The van der Waals surface area contributed by atoms with Crippen molar-refractivity contribution in [2.45, 2.75) is 62.3 Å². The van der Waals surface area contributed by atoms with Gasteiger partial charge in [-0.2, -0.15) is 15.0 Å². The van der Waals surface area contributed by atoms with E-state index in [1.165, 1.54) is 17.7 Å². The highest BCUT2D eigenvalue weighted by atomic mass is 32.1. The number of alkyl halides is 2. The van der Waals surface area contributed by atoms with Crippen molar-refractivity contribution in [2.24, 2.45) is 5.73 Å². The number of nitrogens with two attached hydrogens (primary N) is 1. The van der Waals surface area contributed by atoms with Gasteiger partial charge in [0.2, 0.25) is 17.0 Å². The van der Waals surface area contributed by atoms with Crippen LogP contribution >= 0.6 is 11.3 Å². The van der Waals surface area contributed by atoms with Crippen LogP contribution in [-0.2, 0) is 10.2 Å². The summed E-state index contributed by atoms with van der Waals surface area (Å²) in [5, 5.41) is 17.5. The monoisotopic (exact) mass is 551 g/mol. The first-order valence-corrected chi connectivity index (χ1v) is 13.2. The molecule has 2 amide bonds. The SMILES string of the molecule is Cc1sc(-n2cncn2)nc1-c1ccc2c(C3(C(=O)NC4(C#N)CC4)CCC(F)(F)CC3)c(C(N)=O)oc2c1. The highest BCUT2D eigenvalue weighted by molar-refractivity contribution is 7.14. The van der Waals surface area contributed by atoms with Gasteiger partial charge in [-0.05, 0) is 38.7 Å². The molecule has 0 atom stereocenters. The van der Waals surface area contributed by atoms with Gasteiger partial charge in [-0.1, -0.05) is 23.5 Å². The fourth-order valence-corrected chi connectivity index (χ4v) is 6.17. The van der Waals surface area contributed by atoms with Crippen LogP contribution in [0.5, 0.6) is 0 Å². The van der Waals surface area contributed by atoms with E-state index in [2.05, 4.69) is 26.5 Å². The Morgan fingerprint density at radius 3 is 2.56 bits per heavy atom. The Labute approximate surface area is 224 Å². The molecule has 0 spiro atoms. The van der Waals surface area contributed by atoms with E-state index in [1.807, 2.05) is 6.92 Å². The van der Waals surface area contributed by atoms with Crippen LogP contribution in [0.2, 0.25) is 0 Å². The van der Waals surface area contributed by atoms with Crippen LogP contribution in [0, 0.1) is 18.3 Å². The number of thiazole rings is 1. The molecule has 2 saturated carbocycles. The molecule has 0 unspecified atom stereocenters. The molecule has 3 heterocycles. The fourth-order valence-electron chi connectivity index (χ4n) is 5.31. The Bertz CT molecular complexity index is 1650. The highest BCUT2D eigenvalue weighted by Gasteiger charge is 2.55. The Morgan fingerprint density at radius 2 is 1.95 bits per heavy atom. The first kappa shape index (κ1) is 25.1. The van der Waals surface area contributed by atoms with Crippen LogP contribution in [0.15, 0.2) is 35.3 Å². The second-order valence-corrected chi connectivity index (χ2v) is 11.4. The minimum absolute atomic E-state index is 0.191. The second-order valence-electron chi connectivity index (χ2n) is 10.2. The van der Waals surface area contributed by atoms with Gasteiger partial charge in [0.1, 0.15) is 23.8 Å². The lowest BCUT2D eigenvalue weighted by Crippen LogP contribution is -2.52. The number of halogens is 2. The topological polar surface area (TPSA) is 153 Å². The maximum atomic E-state index is 14.3. The van der Waals surface area contributed by atoms with Gasteiger partial charge in [-0.3, -0.25) is 9.59 Å². The number of hydrogen-bond donors (Lipinski definition) is 2. The van der Waals surface area contributed by atoms with Gasteiger partial charge in [-0.25, -0.2) is 18.7 Å². The summed E-state index contributed by atoms with van der Waals surface area (Å²) in [5.41, 5.74) is 4.99. The first-order chi connectivity index (χ1) is 18.6. The Balaban J connectivity index is 1.48. The molecule has 2 aliphatic rings. The summed E-state index contributed by atoms with van der Waals surface area (Å²) in [6.07, 6.45) is 2.35. The number of nitriles is 1. The molecule has 39 heavy (non-hydrogen) atoms. The van der Waals surface area contributed by atoms with Crippen LogP contribution in [0.1, 0.15) is 59.5 Å². The minimum Gasteiger partial charge on any atom is -0.451 e. The van der Waals surface area contributed by atoms with Crippen LogP contribution in [-0.4, -0.2) is 43.0 Å². The third-order valence-corrected chi connectivity index (χ3v) is 8.61. The predicted molar refractivity (Wildman–Crippen MR) is 136 cm³/mol. The molecule has 0 aliphatic heterocycles. The van der Waals surface area contributed by atoms with E-state index in [0.717, 1.165) is 4.88 Å². The highest BCUT2D eigenvalue weighted by Crippen LogP contribution is 2.50. The fraction of sp³-hybridized carbons (Fsp3) is 0.385. The van der Waals surface area contributed by atoms with Crippen LogP contribution in [0.3, 0.4) is 0 Å². The summed E-state index contributed by atoms with van der Waals surface area (Å²) in [4.78, 5) is 35.9. The van der Waals surface area contributed by atoms with Crippen LogP contribution < -0.4 is 11.1 Å². The number of nitrogens with zero attached hydrogens (tertiary/aromatic N) is 5. The van der Waals surface area contributed by atoms with Crippen molar-refractivity contribution in [1.29, 1.82) is 5.26 Å². The van der Waals surface area contributed by atoms with E-state index in [0.29, 0.717) is 34.6 Å². The van der Waals surface area contributed by atoms with Crippen molar-refractivity contribution < 1.29 is 22.8 Å². The molecule has 0 radical (unpaired) electrons. The predicted octanol–water partition coefficient (Wildman–Crippen LogP) is 4.16. The number of benzene rings is 1. The van der Waals surface area contributed by atoms with Crippen molar-refractivity contribution in [3.63, 3.8) is 0 Å². The number of furan rings is 1. The smallest absolute Gasteiger partial charge is 0.284 e. The third-order valence-electron chi connectivity index (χ3n) is 7.65. The zero-order chi connectivity index (χ0) is 27.6. The molecule has 200 valence electrons. The van der Waals surface area contributed by atoms with E-state index in [-0.39, 0.29) is 29.7 Å². The zero-order valence-electron chi connectivity index (χ0n) is 20.8. The molecule has 3 aromatic heterocycles. The zero-order valence-corrected chi connectivity index (χ0v) is 21.6. The molecule has 10 nitrogen and oxygen atoms in total. The number of carbonyl (C=O) groups is 2. The normalized spacial score (nSPS) is 18.9. The van der Waals surface area contributed by atoms with Crippen molar-refractivity contribution >= 4 is 34.1 Å². The standard InChI is InChI=1S/C26H23F2N7O3S/c1-14-19(33-23(39-14)35-13-31-12-32-35)15-2-3-16-17(10-15)38-20(21(30)36)18(16)25(6-8-26(27,28)9-7-25)22(37)34-24(11-29)4-5-24/h2-3,10,12-13H,4-9H2,1H3,(H2,30,36)(H,34,37). The maximum Gasteiger partial charge on any atom is 0.284 e. The first-order valence-electron chi connectivity index (χ1n) is 12.4. The van der Waals surface area contributed by atoms with Gasteiger partial charge in [-0.15, -0.1) is 0 Å². The third kappa shape index (κ3) is 4.15. The lowest BCUT2D eigenvalue weighted by Gasteiger charge is -2.39. The Kier molecular flexibility index (Phi) is 5.58. The van der Waals surface area contributed by atoms with Gasteiger partial charge < -0.3 is 15.5 Å². The molecule has 0 saturated heterocycles. The van der Waals surface area contributed by atoms with E-state index < -0.39 is 41.5 Å². The van der Waals surface area contributed by atoms with E-state index in [4.69, 9.17) is 10.2 Å². The number of nitrogens with one attached hydrogen (secondary N) is 1. The molecule has 2 aliphatic carbocycles. The van der Waals surface area contributed by atoms with Crippen molar-refractivity contribution in [3.8, 4) is 22.5 Å². The molecule has 13 heteroatoms. The molecular weight excluding hydrogens is 528 g/mol. The number of aromatic nitrogens is 4. The number of amides is 2. The molecular formula is C26H23F2N7O3S. The number of rotatable bonds is 6. The maximum absolute atomic E-state index is 14.3. The largest absolute Gasteiger partial charge is 0.451 e. The minimum atomic E-state index is -2.94. The molecule has 2 fully saturated rings. The van der Waals surface area contributed by atoms with Crippen molar-refractivity contribution in [3.05, 3.63) is 47.1 Å². The van der Waals surface area contributed by atoms with E-state index >= 15 is 0 Å². The number of hydrogen-bond acceptors (Lipinski definition) is 8. The summed E-state index contributed by atoms with van der Waals surface area (Å²) in [7, 11) is 0. The number of fused-ring (bicyclic) bond motifs is 1. The Morgan fingerprint density at radius 1 is 1.21 bits per heavy atom. The van der Waals surface area contributed by atoms with Crippen molar-refractivity contribution in [2.75, 3.05) is 0 Å². The average Bonchev–Trinajstić information content (AvgIpc) is 3.26. The second kappa shape index (κ2) is 8.67. The summed E-state index contributed by atoms with van der Waals surface area (Å²) in [6.45, 7) is 1.91. The number of primary amides is 1. The van der Waals surface area contributed by atoms with Crippen molar-refractivity contribution in [1.82, 2.24) is 25.1 Å². The lowest BCUT2D eigenvalue weighted by atomic mass is 9.66. The Hall–Kier alpha value is -4.18. The van der Waals surface area contributed by atoms with Gasteiger partial charge >= 0.3 is 0 Å². The quantitative estimate of drug-likeness (QED) is 0.365. The lowest BCUT2D eigenvalue weighted by molar-refractivity contribution is -0.132. The molecule has 0 bridgehead atoms. The number of aryl methyl sites for hydroxylation is 1. The molecule has 1 aromatic carbocycles. The molecule has 6 rings (SSSR count). The van der Waals surface area contributed by atoms with Gasteiger partial charge in [0.25, 0.3) is 5.91 Å². The summed E-state index contributed by atoms with van der Waals surface area (Å²) in [5.74, 6) is -4.67. The van der Waals surface area contributed by atoms with Gasteiger partial charge in [0, 0.05) is 34.2 Å². The summed E-state index contributed by atoms with van der Waals surface area (Å²) < 4.78 is 36.1. The summed E-state index contributed by atoms with van der Waals surface area (Å²) >= 11 is 1.42. The van der Waals surface area contributed by atoms with E-state index in [9.17, 15) is 23.6 Å². The molecule has 3 N–H and O–H groups in total. The molecule has 4 aromatic rings. The number of carbonyl (C=O) groups excluding carboxylic acids is 2. The van der Waals surface area contributed by atoms with Gasteiger partial charge in [0.05, 0.1) is 17.2 Å². The van der Waals surface area contributed by atoms with Crippen LogP contribution in [0.25, 0.3) is 27.4 Å². The van der Waals surface area contributed by atoms with Crippen LogP contribution in [0.4, 0.5) is 8.78 Å². The summed E-state index contributed by atoms with van der Waals surface area (Å²) in [6, 6.07) is 7.28.